The highest BCUT2D eigenvalue weighted by Gasteiger charge is 2.10. The molecular formula is C18H21N3O3. The molecule has 6 heteroatoms. The molecule has 0 aliphatic carbocycles. The molecule has 0 aromatic heterocycles. The van der Waals surface area contributed by atoms with Crippen LogP contribution >= 0.6 is 0 Å². The van der Waals surface area contributed by atoms with Crippen LogP contribution in [0.2, 0.25) is 0 Å². The Kier molecular flexibility index (Phi) is 5.78. The number of amides is 3. The summed E-state index contributed by atoms with van der Waals surface area (Å²) in [6.07, 6.45) is 0. The van der Waals surface area contributed by atoms with Crippen LogP contribution in [0.1, 0.15) is 11.1 Å². The first-order valence-electron chi connectivity index (χ1n) is 7.53. The molecule has 2 aromatic rings. The Labute approximate surface area is 141 Å². The van der Waals surface area contributed by atoms with E-state index < -0.39 is 5.91 Å². The van der Waals surface area contributed by atoms with E-state index in [1.165, 1.54) is 0 Å². The van der Waals surface area contributed by atoms with Crippen LogP contribution in [0.25, 0.3) is 0 Å². The van der Waals surface area contributed by atoms with Gasteiger partial charge in [-0.3, -0.25) is 4.79 Å². The molecule has 24 heavy (non-hydrogen) atoms. The molecule has 0 radical (unpaired) electrons. The maximum absolute atomic E-state index is 12.3. The van der Waals surface area contributed by atoms with Gasteiger partial charge in [-0.05, 0) is 42.3 Å². The molecule has 0 aliphatic rings. The molecule has 126 valence electrons. The van der Waals surface area contributed by atoms with Crippen LogP contribution in [-0.4, -0.2) is 30.5 Å². The lowest BCUT2D eigenvalue weighted by Gasteiger charge is -2.19. The van der Waals surface area contributed by atoms with E-state index in [2.05, 4.69) is 5.32 Å². The number of primary amides is 1. The summed E-state index contributed by atoms with van der Waals surface area (Å²) in [5.74, 6) is -0.0229. The number of rotatable bonds is 6. The summed E-state index contributed by atoms with van der Waals surface area (Å²) in [5, 5.41) is 2.81. The van der Waals surface area contributed by atoms with E-state index in [1.54, 1.807) is 36.2 Å². The Morgan fingerprint density at radius 2 is 1.79 bits per heavy atom. The third-order valence-corrected chi connectivity index (χ3v) is 3.50. The van der Waals surface area contributed by atoms with Crippen LogP contribution in [0.15, 0.2) is 48.5 Å². The molecule has 0 unspecified atom stereocenters. The number of benzene rings is 2. The maximum atomic E-state index is 12.3. The Morgan fingerprint density at radius 3 is 2.42 bits per heavy atom. The first kappa shape index (κ1) is 17.3. The maximum Gasteiger partial charge on any atom is 0.321 e. The summed E-state index contributed by atoms with van der Waals surface area (Å²) in [7, 11) is 1.74. The van der Waals surface area contributed by atoms with Gasteiger partial charge in [-0.25, -0.2) is 4.79 Å². The number of nitrogens with two attached hydrogens (primary N) is 1. The van der Waals surface area contributed by atoms with Crippen molar-refractivity contribution in [3.05, 3.63) is 59.7 Å². The highest BCUT2D eigenvalue weighted by atomic mass is 16.5. The second-order valence-corrected chi connectivity index (χ2v) is 5.49. The van der Waals surface area contributed by atoms with Crippen molar-refractivity contribution in [2.24, 2.45) is 5.73 Å². The highest BCUT2D eigenvalue weighted by molar-refractivity contribution is 5.89. The van der Waals surface area contributed by atoms with E-state index in [4.69, 9.17) is 10.5 Å². The van der Waals surface area contributed by atoms with Crippen molar-refractivity contribution >= 4 is 17.6 Å². The number of anilines is 1. The lowest BCUT2D eigenvalue weighted by atomic mass is 10.1. The van der Waals surface area contributed by atoms with E-state index in [0.717, 1.165) is 11.1 Å². The standard InChI is InChI=1S/C18H21N3O3/c1-13-5-3-4-6-14(13)11-21(2)18(23)20-15-7-9-16(10-8-15)24-12-17(19)22/h3-10H,11-12H2,1-2H3,(H2,19,22)(H,20,23). The van der Waals surface area contributed by atoms with Crippen LogP contribution in [-0.2, 0) is 11.3 Å². The van der Waals surface area contributed by atoms with Gasteiger partial charge in [-0.15, -0.1) is 0 Å². The number of ether oxygens (including phenoxy) is 1. The number of hydrogen-bond acceptors (Lipinski definition) is 3. The summed E-state index contributed by atoms with van der Waals surface area (Å²) in [4.78, 5) is 24.5. The first-order valence-corrected chi connectivity index (χ1v) is 7.53. The van der Waals surface area contributed by atoms with Gasteiger partial charge in [0.15, 0.2) is 6.61 Å². The predicted molar refractivity (Wildman–Crippen MR) is 92.8 cm³/mol. The molecule has 2 rings (SSSR count). The summed E-state index contributed by atoms with van der Waals surface area (Å²) in [6.45, 7) is 2.37. The minimum atomic E-state index is -0.537. The molecule has 3 N–H and O–H groups in total. The minimum absolute atomic E-state index is 0.176. The fourth-order valence-corrected chi connectivity index (χ4v) is 2.12. The Bertz CT molecular complexity index is 714. The monoisotopic (exact) mass is 327 g/mol. The van der Waals surface area contributed by atoms with Gasteiger partial charge in [-0.1, -0.05) is 24.3 Å². The van der Waals surface area contributed by atoms with Gasteiger partial charge in [0, 0.05) is 19.3 Å². The summed E-state index contributed by atoms with van der Waals surface area (Å²) in [6, 6.07) is 14.5. The smallest absolute Gasteiger partial charge is 0.321 e. The van der Waals surface area contributed by atoms with E-state index in [9.17, 15) is 9.59 Å². The molecule has 0 heterocycles. The third-order valence-electron chi connectivity index (χ3n) is 3.50. The Balaban J connectivity index is 1.91. The van der Waals surface area contributed by atoms with Crippen molar-refractivity contribution < 1.29 is 14.3 Å². The van der Waals surface area contributed by atoms with E-state index in [0.29, 0.717) is 18.0 Å². The van der Waals surface area contributed by atoms with Crippen LogP contribution in [0.4, 0.5) is 10.5 Å². The topological polar surface area (TPSA) is 84.7 Å². The van der Waals surface area contributed by atoms with E-state index in [-0.39, 0.29) is 12.6 Å². The molecule has 0 fully saturated rings. The van der Waals surface area contributed by atoms with Crippen molar-refractivity contribution in [3.63, 3.8) is 0 Å². The molecule has 0 aliphatic heterocycles. The van der Waals surface area contributed by atoms with Crippen molar-refractivity contribution in [2.75, 3.05) is 19.0 Å². The van der Waals surface area contributed by atoms with Crippen molar-refractivity contribution in [1.82, 2.24) is 4.90 Å². The second kappa shape index (κ2) is 8.01. The van der Waals surface area contributed by atoms with Gasteiger partial charge in [0.05, 0.1) is 0 Å². The summed E-state index contributed by atoms with van der Waals surface area (Å²) < 4.78 is 5.17. The number of aryl methyl sites for hydroxylation is 1. The van der Waals surface area contributed by atoms with Crippen molar-refractivity contribution in [3.8, 4) is 5.75 Å². The quantitative estimate of drug-likeness (QED) is 0.855. The number of nitrogens with one attached hydrogen (secondary N) is 1. The average molecular weight is 327 g/mol. The molecule has 6 nitrogen and oxygen atoms in total. The van der Waals surface area contributed by atoms with Crippen molar-refractivity contribution in [2.45, 2.75) is 13.5 Å². The largest absolute Gasteiger partial charge is 0.484 e. The van der Waals surface area contributed by atoms with Gasteiger partial charge < -0.3 is 20.7 Å². The number of urea groups is 1. The predicted octanol–water partition coefficient (Wildman–Crippen LogP) is 2.52. The molecule has 0 bridgehead atoms. The summed E-state index contributed by atoms with van der Waals surface area (Å²) in [5.41, 5.74) is 7.91. The molecule has 0 saturated carbocycles. The Morgan fingerprint density at radius 1 is 1.12 bits per heavy atom. The third kappa shape index (κ3) is 5.01. The molecule has 3 amide bonds. The normalized spacial score (nSPS) is 10.1. The molecule has 0 saturated heterocycles. The zero-order chi connectivity index (χ0) is 17.5. The van der Waals surface area contributed by atoms with Crippen molar-refractivity contribution in [1.29, 1.82) is 0 Å². The lowest BCUT2D eigenvalue weighted by molar-refractivity contribution is -0.119. The fourth-order valence-electron chi connectivity index (χ4n) is 2.12. The zero-order valence-corrected chi connectivity index (χ0v) is 13.8. The average Bonchev–Trinajstić information content (AvgIpc) is 2.56. The molecule has 0 spiro atoms. The number of hydrogen-bond donors (Lipinski definition) is 2. The van der Waals surface area contributed by atoms with Gasteiger partial charge in [0.2, 0.25) is 0 Å². The van der Waals surface area contributed by atoms with Crippen LogP contribution in [0.5, 0.6) is 5.75 Å². The van der Waals surface area contributed by atoms with Gasteiger partial charge in [0.25, 0.3) is 5.91 Å². The van der Waals surface area contributed by atoms with Gasteiger partial charge in [-0.2, -0.15) is 0 Å². The van der Waals surface area contributed by atoms with Gasteiger partial charge in [0.1, 0.15) is 5.75 Å². The molecular weight excluding hydrogens is 306 g/mol. The fraction of sp³-hybridized carbons (Fsp3) is 0.222. The van der Waals surface area contributed by atoms with Crippen LogP contribution < -0.4 is 15.8 Å². The second-order valence-electron chi connectivity index (χ2n) is 5.49. The summed E-state index contributed by atoms with van der Waals surface area (Å²) >= 11 is 0. The molecule has 2 aromatic carbocycles. The zero-order valence-electron chi connectivity index (χ0n) is 13.8. The number of carbonyl (C=O) groups is 2. The lowest BCUT2D eigenvalue weighted by Crippen LogP contribution is -2.31. The number of nitrogens with zero attached hydrogens (tertiary/aromatic N) is 1. The number of carbonyl (C=O) groups excluding carboxylic acids is 2. The molecule has 0 atom stereocenters. The van der Waals surface area contributed by atoms with E-state index >= 15 is 0 Å². The van der Waals surface area contributed by atoms with Gasteiger partial charge >= 0.3 is 6.03 Å². The highest BCUT2D eigenvalue weighted by Crippen LogP contribution is 2.16. The SMILES string of the molecule is Cc1ccccc1CN(C)C(=O)Nc1ccc(OCC(N)=O)cc1. The van der Waals surface area contributed by atoms with Crippen LogP contribution in [0, 0.1) is 6.92 Å². The van der Waals surface area contributed by atoms with E-state index in [1.807, 2.05) is 31.2 Å². The first-order chi connectivity index (χ1) is 11.5. The minimum Gasteiger partial charge on any atom is -0.484 e. The van der Waals surface area contributed by atoms with Crippen LogP contribution in [0.3, 0.4) is 0 Å². The Hall–Kier alpha value is -3.02.